The number of aliphatic carboxylic acids is 1. The monoisotopic (exact) mass is 835 g/mol. The number of nitrogens with zero attached hydrogens (tertiary/aromatic N) is 4. The van der Waals surface area contributed by atoms with Crippen LogP contribution in [0.5, 0.6) is 0 Å². The molecule has 17 heteroatoms. The van der Waals surface area contributed by atoms with Crippen LogP contribution in [0.4, 0.5) is 25.0 Å². The summed E-state index contributed by atoms with van der Waals surface area (Å²) in [7, 11) is -0.892. The topological polar surface area (TPSA) is 164 Å². The summed E-state index contributed by atoms with van der Waals surface area (Å²) in [6.07, 6.45) is 11.4. The number of hydrogen-bond donors (Lipinski definition) is 2. The summed E-state index contributed by atoms with van der Waals surface area (Å²) in [6.45, 7) is 11.3. The van der Waals surface area contributed by atoms with E-state index in [0.717, 1.165) is 30.5 Å². The Morgan fingerprint density at radius 3 is 2.44 bits per heavy atom. The second-order valence-electron chi connectivity index (χ2n) is 17.2. The van der Waals surface area contributed by atoms with Gasteiger partial charge in [0.05, 0.1) is 38.9 Å². The number of hydrogen-bond acceptors (Lipinski definition) is 11. The molecule has 314 valence electrons. The number of halogens is 2. The lowest BCUT2D eigenvalue weighted by Crippen LogP contribution is -2.35. The summed E-state index contributed by atoms with van der Waals surface area (Å²) < 4.78 is 67.7. The number of carbonyl (C=O) groups excluding carboxylic acids is 2. The fraction of sp³-hybridized carbons (Fsp3) is 0.429. The lowest BCUT2D eigenvalue weighted by molar-refractivity contribution is -0.134. The number of ketones is 1. The SMILES string of the molecule is CN1C[C@@H]2CCN(c3c(C4=CC5=C/C(=C\C=C(\C(=O)O)C(=O)C5)C=C4)cnc4[nH]c5c(N(C)C(=O)OCOP(=O)(OC(C)(C)C)OC(C)(C)C)cc(F)c(F)c5c34)[C@@H]2C1. The van der Waals surface area contributed by atoms with Crippen molar-refractivity contribution in [2.45, 2.75) is 71.6 Å². The molecule has 1 aromatic carbocycles. The van der Waals surface area contributed by atoms with Crippen molar-refractivity contribution in [3.63, 3.8) is 0 Å². The van der Waals surface area contributed by atoms with Crippen molar-refractivity contribution in [2.75, 3.05) is 50.3 Å². The van der Waals surface area contributed by atoms with Crippen LogP contribution in [0.3, 0.4) is 0 Å². The number of aromatic nitrogens is 2. The number of carboxylic acids is 1. The van der Waals surface area contributed by atoms with Crippen LogP contribution in [0.15, 0.2) is 65.4 Å². The number of phosphoric acid groups is 1. The largest absolute Gasteiger partial charge is 0.478 e. The van der Waals surface area contributed by atoms with Gasteiger partial charge in [-0.25, -0.2) is 32.4 Å². The van der Waals surface area contributed by atoms with Gasteiger partial charge in [-0.1, -0.05) is 30.4 Å². The zero-order valence-electron chi connectivity index (χ0n) is 34.2. The molecule has 2 bridgehead atoms. The lowest BCUT2D eigenvalue weighted by Gasteiger charge is -2.30. The number of rotatable bonds is 9. The molecule has 59 heavy (non-hydrogen) atoms. The highest BCUT2D eigenvalue weighted by molar-refractivity contribution is 7.48. The number of fused-ring (bicyclic) bond motifs is 5. The number of Topliss-reactive ketones (excluding diaryl/α,β-unsaturated/α-hetero) is 1. The molecule has 14 nitrogen and oxygen atoms in total. The van der Waals surface area contributed by atoms with Crippen molar-refractivity contribution in [2.24, 2.45) is 5.92 Å². The van der Waals surface area contributed by atoms with Gasteiger partial charge in [0.1, 0.15) is 11.2 Å². The van der Waals surface area contributed by atoms with Gasteiger partial charge < -0.3 is 24.6 Å². The van der Waals surface area contributed by atoms with Crippen LogP contribution in [0.25, 0.3) is 27.5 Å². The van der Waals surface area contributed by atoms with Crippen molar-refractivity contribution < 1.29 is 51.1 Å². The van der Waals surface area contributed by atoms with E-state index in [-0.39, 0.29) is 40.3 Å². The highest BCUT2D eigenvalue weighted by Gasteiger charge is 2.43. The fourth-order valence-corrected chi connectivity index (χ4v) is 9.75. The second-order valence-corrected chi connectivity index (χ2v) is 18.7. The number of carbonyl (C=O) groups is 3. The van der Waals surface area contributed by atoms with Crippen LogP contribution in [-0.4, -0.2) is 95.6 Å². The quantitative estimate of drug-likeness (QED) is 0.121. The van der Waals surface area contributed by atoms with Crippen molar-refractivity contribution in [1.29, 1.82) is 0 Å². The number of likely N-dealkylation sites (N-methyl/N-ethyl adjacent to an activating group) is 1. The molecule has 0 radical (unpaired) electrons. The maximum absolute atomic E-state index is 16.5. The number of H-pyrrole nitrogens is 1. The number of anilines is 2. The van der Waals surface area contributed by atoms with Gasteiger partial charge in [-0.05, 0) is 83.7 Å². The van der Waals surface area contributed by atoms with Crippen LogP contribution in [0.1, 0.15) is 59.9 Å². The molecule has 1 amide bonds. The van der Waals surface area contributed by atoms with Gasteiger partial charge in [-0.2, -0.15) is 0 Å². The van der Waals surface area contributed by atoms with Gasteiger partial charge in [-0.15, -0.1) is 0 Å². The summed E-state index contributed by atoms with van der Waals surface area (Å²) in [6, 6.07) is 0.916. The molecule has 2 saturated heterocycles. The molecular weight excluding hydrogens is 787 g/mol. The number of allylic oxidation sites excluding steroid dienone is 9. The van der Waals surface area contributed by atoms with Crippen molar-refractivity contribution >= 4 is 64.6 Å². The van der Waals surface area contributed by atoms with E-state index in [4.69, 9.17) is 23.3 Å². The predicted molar refractivity (Wildman–Crippen MR) is 219 cm³/mol. The van der Waals surface area contributed by atoms with Crippen molar-refractivity contribution in [1.82, 2.24) is 14.9 Å². The first-order chi connectivity index (χ1) is 27.6. The van der Waals surface area contributed by atoms with Gasteiger partial charge in [-0.3, -0.25) is 18.7 Å². The smallest absolute Gasteiger partial charge is 0.478 e. The third-order valence-electron chi connectivity index (χ3n) is 10.4. The number of ether oxygens (including phenoxy) is 1. The van der Waals surface area contributed by atoms with Gasteiger partial charge in [0.25, 0.3) is 0 Å². The maximum Gasteiger partial charge on any atom is 0.478 e. The van der Waals surface area contributed by atoms with Gasteiger partial charge in [0.2, 0.25) is 6.79 Å². The molecular formula is C42H48F2N5O9P. The number of amides is 1. The molecule has 7 rings (SSSR count). The Labute approximate surface area is 340 Å². The average molecular weight is 836 g/mol. The summed E-state index contributed by atoms with van der Waals surface area (Å²) >= 11 is 0. The lowest BCUT2D eigenvalue weighted by atomic mass is 9.95. The Bertz CT molecular complexity index is 2450. The number of benzene rings is 1. The van der Waals surface area contributed by atoms with E-state index in [2.05, 4.69) is 14.8 Å². The summed E-state index contributed by atoms with van der Waals surface area (Å²) in [5, 5.41) is 9.83. The molecule has 2 aliphatic carbocycles. The number of aromatic amines is 1. The zero-order chi connectivity index (χ0) is 42.8. The first-order valence-corrected chi connectivity index (χ1v) is 20.7. The molecule has 0 saturated carbocycles. The van der Waals surface area contributed by atoms with Crippen LogP contribution < -0.4 is 9.80 Å². The molecule has 2 aromatic heterocycles. The molecule has 4 heterocycles. The Hall–Kier alpha value is -4.99. The molecule has 2 aliphatic heterocycles. The molecule has 4 aliphatic rings. The molecule has 2 fully saturated rings. The summed E-state index contributed by atoms with van der Waals surface area (Å²) in [5.74, 6) is -3.93. The first kappa shape index (κ1) is 42.1. The third kappa shape index (κ3) is 8.69. The first-order valence-electron chi connectivity index (χ1n) is 19.2. The summed E-state index contributed by atoms with van der Waals surface area (Å²) in [5.41, 5.74) is 1.08. The minimum Gasteiger partial charge on any atom is -0.478 e. The Balaban J connectivity index is 1.31. The van der Waals surface area contributed by atoms with E-state index in [9.17, 15) is 24.1 Å². The highest BCUT2D eigenvalue weighted by Crippen LogP contribution is 2.55. The van der Waals surface area contributed by atoms with E-state index in [1.54, 1.807) is 72.0 Å². The van der Waals surface area contributed by atoms with Gasteiger partial charge in [0, 0.05) is 57.0 Å². The predicted octanol–water partition coefficient (Wildman–Crippen LogP) is 8.21. The number of nitrogens with one attached hydrogen (secondary N) is 1. The molecule has 3 aromatic rings. The molecule has 0 unspecified atom stereocenters. The number of likely N-dealkylation sites (tertiary alicyclic amines) is 1. The standard InChI is InChI=1S/C42H48F2N5O9P/c1-41(2,3)57-59(54,58-42(4,5)6)56-22-55-40(53)48(8)30-18-29(43)35(44)33-34-37(49-14-13-26-20-47(7)21-31(26)49)28(19-45-38(34)46-36(30)33)25-11-9-23-10-12-27(39(51)52)32(50)17-24(15-23)16-25/h9-12,15-16,18-19,26,31H,13-14,17,20-22H2,1-8H3,(H,45,46)(H,51,52)/b23-10-,27-12+/t26-,31+/m0/s1. The highest BCUT2D eigenvalue weighted by atomic mass is 31.2. The van der Waals surface area contributed by atoms with E-state index in [1.807, 2.05) is 13.1 Å². The third-order valence-corrected chi connectivity index (χ3v) is 12.3. The van der Waals surface area contributed by atoms with Gasteiger partial charge in [0.15, 0.2) is 17.4 Å². The van der Waals surface area contributed by atoms with Crippen LogP contribution in [0.2, 0.25) is 0 Å². The van der Waals surface area contributed by atoms with Crippen LogP contribution in [-0.2, 0) is 32.5 Å². The van der Waals surface area contributed by atoms with E-state index in [1.165, 1.54) is 13.1 Å². The Kier molecular flexibility index (Phi) is 11.1. The normalized spacial score (nSPS) is 21.9. The molecule has 2 N–H and O–H groups in total. The maximum atomic E-state index is 16.5. The van der Waals surface area contributed by atoms with E-state index in [0.29, 0.717) is 45.8 Å². The Morgan fingerprint density at radius 1 is 1.05 bits per heavy atom. The van der Waals surface area contributed by atoms with E-state index >= 15 is 8.78 Å². The summed E-state index contributed by atoms with van der Waals surface area (Å²) in [4.78, 5) is 51.7. The second kappa shape index (κ2) is 15.6. The van der Waals surface area contributed by atoms with E-state index < -0.39 is 55.3 Å². The molecule has 2 atom stereocenters. The fourth-order valence-electron chi connectivity index (χ4n) is 8.08. The van der Waals surface area contributed by atoms with Crippen LogP contribution >= 0.6 is 7.82 Å². The number of phosphoric ester groups is 1. The van der Waals surface area contributed by atoms with Gasteiger partial charge >= 0.3 is 19.9 Å². The average Bonchev–Trinajstić information content (AvgIpc) is 3.75. The minimum absolute atomic E-state index is 0.0374. The number of carboxylic acid groups (broad SMARTS) is 1. The van der Waals surface area contributed by atoms with Crippen molar-refractivity contribution in [3.05, 3.63) is 82.6 Å². The number of pyridine rings is 1. The molecule has 0 spiro atoms. The van der Waals surface area contributed by atoms with Crippen LogP contribution in [0, 0.1) is 17.6 Å². The Morgan fingerprint density at radius 2 is 1.76 bits per heavy atom. The zero-order valence-corrected chi connectivity index (χ0v) is 35.1. The minimum atomic E-state index is -4.25. The van der Waals surface area contributed by atoms with Crippen molar-refractivity contribution in [3.8, 4) is 0 Å².